The van der Waals surface area contributed by atoms with Gasteiger partial charge >= 0.3 is 0 Å². The van der Waals surface area contributed by atoms with Crippen molar-refractivity contribution in [1.29, 1.82) is 0 Å². The van der Waals surface area contributed by atoms with Crippen LogP contribution in [0.25, 0.3) is 11.3 Å². The summed E-state index contributed by atoms with van der Waals surface area (Å²) in [7, 11) is 3.97. The maximum Gasteiger partial charge on any atom is 0.260 e. The highest BCUT2D eigenvalue weighted by atomic mass is 35.5. The molecule has 0 saturated heterocycles. The largest absolute Gasteiger partial charge is 0.487 e. The summed E-state index contributed by atoms with van der Waals surface area (Å²) in [5, 5.41) is 6.41. The molecule has 4 rings (SSSR count). The number of rotatable bonds is 4. The van der Waals surface area contributed by atoms with Gasteiger partial charge in [0.05, 0.1) is 10.6 Å². The smallest absolute Gasteiger partial charge is 0.260 e. The third kappa shape index (κ3) is 3.13. The minimum Gasteiger partial charge on any atom is -0.487 e. The lowest BCUT2D eigenvalue weighted by atomic mass is 10.0. The summed E-state index contributed by atoms with van der Waals surface area (Å²) in [6.07, 6.45) is 1.64. The second kappa shape index (κ2) is 6.83. The molecule has 6 nitrogen and oxygen atoms in total. The quantitative estimate of drug-likeness (QED) is 0.787. The molecule has 0 fully saturated rings. The molecule has 0 saturated carbocycles. The topological polar surface area (TPSA) is 66.5 Å². The van der Waals surface area contributed by atoms with E-state index in [1.165, 1.54) is 18.2 Å². The van der Waals surface area contributed by atoms with E-state index >= 15 is 0 Å². The summed E-state index contributed by atoms with van der Waals surface area (Å²) >= 11 is 6.50. The molecule has 1 amide bonds. The number of ether oxygens (including phenoxy) is 1. The molecule has 0 unspecified atom stereocenters. The van der Waals surface area contributed by atoms with Crippen molar-refractivity contribution in [3.63, 3.8) is 0 Å². The van der Waals surface area contributed by atoms with Gasteiger partial charge in [-0.05, 0) is 32.3 Å². The second-order valence-corrected chi connectivity index (χ2v) is 7.06. The Morgan fingerprint density at radius 2 is 2.19 bits per heavy atom. The van der Waals surface area contributed by atoms with Crippen molar-refractivity contribution in [3.8, 4) is 0 Å². The number of amides is 1. The number of hydrogen-bond acceptors (Lipinski definition) is 5. The van der Waals surface area contributed by atoms with Crippen LogP contribution in [-0.2, 0) is 16.1 Å². The summed E-state index contributed by atoms with van der Waals surface area (Å²) in [6.45, 7) is 1.77. The normalized spacial score (nSPS) is 17.6. The summed E-state index contributed by atoms with van der Waals surface area (Å²) in [5.74, 6) is 0.205. The standard InChI is InChI=1S/C19H18ClFN4O2/c1-25(2)6-5-22-18-16(20)13-9-27-17(12(13)8-23-18)15-11-7-10(21)3-4-14(11)24-19(15)26/h3-4,7-8H,5-6,9H2,1-2H3,(H,22,23)(H,24,26). The van der Waals surface area contributed by atoms with Gasteiger partial charge in [0.2, 0.25) is 0 Å². The van der Waals surface area contributed by atoms with Gasteiger partial charge in [-0.3, -0.25) is 4.79 Å². The molecule has 27 heavy (non-hydrogen) atoms. The second-order valence-electron chi connectivity index (χ2n) is 6.68. The van der Waals surface area contributed by atoms with Crippen LogP contribution in [0.2, 0.25) is 5.02 Å². The zero-order valence-corrected chi connectivity index (χ0v) is 15.7. The van der Waals surface area contributed by atoms with Crippen LogP contribution in [0.1, 0.15) is 16.7 Å². The average Bonchev–Trinajstić information content (AvgIpc) is 3.17. The minimum absolute atomic E-state index is 0.232. The maximum absolute atomic E-state index is 13.7. The molecule has 2 N–H and O–H groups in total. The van der Waals surface area contributed by atoms with Crippen molar-refractivity contribution in [2.24, 2.45) is 0 Å². The minimum atomic E-state index is -0.418. The molecule has 3 heterocycles. The SMILES string of the molecule is CN(C)CCNc1ncc2c(c1Cl)COC2=C1C(=O)Nc2ccc(F)cc21. The van der Waals surface area contributed by atoms with Crippen LogP contribution in [0.15, 0.2) is 24.4 Å². The van der Waals surface area contributed by atoms with E-state index in [1.54, 1.807) is 6.20 Å². The van der Waals surface area contributed by atoms with Gasteiger partial charge in [-0.2, -0.15) is 0 Å². The van der Waals surface area contributed by atoms with Gasteiger partial charge < -0.3 is 20.3 Å². The van der Waals surface area contributed by atoms with Crippen LogP contribution in [0.4, 0.5) is 15.9 Å². The molecular weight excluding hydrogens is 371 g/mol. The van der Waals surface area contributed by atoms with Crippen LogP contribution in [0.5, 0.6) is 0 Å². The first-order valence-electron chi connectivity index (χ1n) is 8.50. The molecule has 0 aliphatic carbocycles. The maximum atomic E-state index is 13.7. The fourth-order valence-corrected chi connectivity index (χ4v) is 3.45. The summed E-state index contributed by atoms with van der Waals surface area (Å²) in [4.78, 5) is 18.9. The van der Waals surface area contributed by atoms with Gasteiger partial charge in [-0.1, -0.05) is 11.6 Å². The van der Waals surface area contributed by atoms with Crippen molar-refractivity contribution in [3.05, 3.63) is 51.9 Å². The Morgan fingerprint density at radius 3 is 2.96 bits per heavy atom. The number of nitrogens with one attached hydrogen (secondary N) is 2. The zero-order chi connectivity index (χ0) is 19.1. The Hall–Kier alpha value is -2.64. The Bertz CT molecular complexity index is 974. The van der Waals surface area contributed by atoms with E-state index in [1.807, 2.05) is 14.1 Å². The third-order valence-electron chi connectivity index (χ3n) is 4.53. The van der Waals surface area contributed by atoms with E-state index in [2.05, 4.69) is 20.5 Å². The molecule has 8 heteroatoms. The first-order chi connectivity index (χ1) is 13.0. The van der Waals surface area contributed by atoms with Crippen LogP contribution in [0.3, 0.4) is 0 Å². The number of anilines is 2. The van der Waals surface area contributed by atoms with E-state index in [4.69, 9.17) is 16.3 Å². The molecule has 0 bridgehead atoms. The van der Waals surface area contributed by atoms with Crippen molar-refractivity contribution < 1.29 is 13.9 Å². The number of benzene rings is 1. The number of carbonyl (C=O) groups excluding carboxylic acids is 1. The first kappa shape index (κ1) is 17.8. The van der Waals surface area contributed by atoms with E-state index in [0.29, 0.717) is 45.5 Å². The molecule has 2 aliphatic rings. The number of likely N-dealkylation sites (N-methyl/N-ethyl adjacent to an activating group) is 1. The van der Waals surface area contributed by atoms with E-state index in [-0.39, 0.29) is 12.5 Å². The van der Waals surface area contributed by atoms with Crippen molar-refractivity contribution in [1.82, 2.24) is 9.88 Å². The predicted octanol–water partition coefficient (Wildman–Crippen LogP) is 3.20. The summed E-state index contributed by atoms with van der Waals surface area (Å²) < 4.78 is 19.5. The fraction of sp³-hybridized carbons (Fsp3) is 0.263. The predicted molar refractivity (Wildman–Crippen MR) is 103 cm³/mol. The molecule has 2 aromatic rings. The molecule has 0 atom stereocenters. The Morgan fingerprint density at radius 1 is 1.37 bits per heavy atom. The first-order valence-corrected chi connectivity index (χ1v) is 8.88. The van der Waals surface area contributed by atoms with Crippen LogP contribution in [-0.4, -0.2) is 43.0 Å². The highest BCUT2D eigenvalue weighted by Crippen LogP contribution is 2.44. The lowest BCUT2D eigenvalue weighted by Gasteiger charge is -2.12. The molecule has 1 aromatic heterocycles. The van der Waals surface area contributed by atoms with Gasteiger partial charge in [-0.15, -0.1) is 0 Å². The van der Waals surface area contributed by atoms with Crippen LogP contribution in [0, 0.1) is 5.82 Å². The van der Waals surface area contributed by atoms with Crippen LogP contribution >= 0.6 is 11.6 Å². The number of pyridine rings is 1. The van der Waals surface area contributed by atoms with Crippen LogP contribution < -0.4 is 10.6 Å². The monoisotopic (exact) mass is 388 g/mol. The number of aromatic nitrogens is 1. The van der Waals surface area contributed by atoms with Crippen molar-refractivity contribution in [2.75, 3.05) is 37.8 Å². The Kier molecular flexibility index (Phi) is 4.49. The molecule has 140 valence electrons. The van der Waals surface area contributed by atoms with Crippen molar-refractivity contribution >= 4 is 40.3 Å². The summed E-state index contributed by atoms with van der Waals surface area (Å²) in [5.41, 5.74) is 2.75. The van der Waals surface area contributed by atoms with Crippen molar-refractivity contribution in [2.45, 2.75) is 6.61 Å². The fourth-order valence-electron chi connectivity index (χ4n) is 3.18. The summed E-state index contributed by atoms with van der Waals surface area (Å²) in [6, 6.07) is 4.17. The number of nitrogens with zero attached hydrogens (tertiary/aromatic N) is 2. The lowest BCUT2D eigenvalue weighted by molar-refractivity contribution is -0.110. The molecular formula is C19H18ClFN4O2. The molecule has 1 aromatic carbocycles. The number of hydrogen-bond donors (Lipinski definition) is 2. The molecule has 0 spiro atoms. The average molecular weight is 389 g/mol. The highest BCUT2D eigenvalue weighted by Gasteiger charge is 2.34. The van der Waals surface area contributed by atoms with Gasteiger partial charge in [0.15, 0.2) is 0 Å². The van der Waals surface area contributed by atoms with Gasteiger partial charge in [0.1, 0.15) is 24.0 Å². The highest BCUT2D eigenvalue weighted by molar-refractivity contribution is 6.37. The third-order valence-corrected chi connectivity index (χ3v) is 4.94. The zero-order valence-electron chi connectivity index (χ0n) is 14.9. The van der Waals surface area contributed by atoms with E-state index in [9.17, 15) is 9.18 Å². The lowest BCUT2D eigenvalue weighted by Crippen LogP contribution is -2.21. The Labute approximate surface area is 161 Å². The number of halogens is 2. The number of fused-ring (bicyclic) bond motifs is 2. The van der Waals surface area contributed by atoms with E-state index in [0.717, 1.165) is 12.1 Å². The van der Waals surface area contributed by atoms with Gasteiger partial charge in [-0.25, -0.2) is 9.37 Å². The Balaban J connectivity index is 1.73. The van der Waals surface area contributed by atoms with Gasteiger partial charge in [0, 0.05) is 41.7 Å². The van der Waals surface area contributed by atoms with E-state index < -0.39 is 5.82 Å². The van der Waals surface area contributed by atoms with Gasteiger partial charge in [0.25, 0.3) is 5.91 Å². The number of carbonyl (C=O) groups is 1. The molecule has 2 aliphatic heterocycles. The molecule has 0 radical (unpaired) electrons.